The summed E-state index contributed by atoms with van der Waals surface area (Å²) in [5.41, 5.74) is 0. The molecule has 0 saturated carbocycles. The Morgan fingerprint density at radius 1 is 1.44 bits per heavy atom. The van der Waals surface area contributed by atoms with Gasteiger partial charge in [0, 0.05) is 10.5 Å². The number of hydrogen-bond donors (Lipinski definition) is 1. The number of carbonyl (C=O) groups excluding carboxylic acids is 2. The predicted octanol–water partition coefficient (Wildman–Crippen LogP) is 2.15. The van der Waals surface area contributed by atoms with Crippen molar-refractivity contribution >= 4 is 39.0 Å². The van der Waals surface area contributed by atoms with Crippen LogP contribution in [-0.4, -0.2) is 42.8 Å². The Bertz CT molecular complexity index is 431. The van der Waals surface area contributed by atoms with E-state index in [2.05, 4.69) is 21.2 Å². The van der Waals surface area contributed by atoms with E-state index in [1.54, 1.807) is 11.9 Å². The summed E-state index contributed by atoms with van der Waals surface area (Å²) in [7, 11) is 1.76. The van der Waals surface area contributed by atoms with Crippen LogP contribution >= 0.6 is 27.3 Å². The standard InChI is InChI=1S/C12H17BrN2O2S/c1-8(2)14-11(17)7-15(3)6-10(16)12-9(13)4-5-18-12/h4-5,8H,6-7H2,1-3H3,(H,14,17). The smallest absolute Gasteiger partial charge is 0.234 e. The number of likely N-dealkylation sites (N-methyl/N-ethyl adjacent to an activating group) is 1. The van der Waals surface area contributed by atoms with Gasteiger partial charge in [-0.1, -0.05) is 0 Å². The second-order valence-corrected chi connectivity index (χ2v) is 6.19. The molecule has 100 valence electrons. The topological polar surface area (TPSA) is 49.4 Å². The van der Waals surface area contributed by atoms with E-state index in [9.17, 15) is 9.59 Å². The van der Waals surface area contributed by atoms with Gasteiger partial charge < -0.3 is 5.32 Å². The van der Waals surface area contributed by atoms with E-state index in [1.165, 1.54) is 11.3 Å². The van der Waals surface area contributed by atoms with E-state index in [1.807, 2.05) is 25.3 Å². The summed E-state index contributed by atoms with van der Waals surface area (Å²) in [5.74, 6) is -0.0396. The molecule has 1 aromatic heterocycles. The van der Waals surface area contributed by atoms with Crippen LogP contribution in [0.15, 0.2) is 15.9 Å². The molecule has 1 aromatic rings. The van der Waals surface area contributed by atoms with Gasteiger partial charge in [0.1, 0.15) is 0 Å². The number of carbonyl (C=O) groups is 2. The summed E-state index contributed by atoms with van der Waals surface area (Å²) in [6.07, 6.45) is 0. The fourth-order valence-electron chi connectivity index (χ4n) is 1.48. The zero-order valence-corrected chi connectivity index (χ0v) is 13.1. The minimum Gasteiger partial charge on any atom is -0.353 e. The highest BCUT2D eigenvalue weighted by molar-refractivity contribution is 9.10. The summed E-state index contributed by atoms with van der Waals surface area (Å²) in [6.45, 7) is 4.29. The molecule has 0 atom stereocenters. The third-order valence-electron chi connectivity index (χ3n) is 2.15. The van der Waals surface area contributed by atoms with Gasteiger partial charge >= 0.3 is 0 Å². The molecule has 0 saturated heterocycles. The van der Waals surface area contributed by atoms with Crippen molar-refractivity contribution in [2.24, 2.45) is 0 Å². The summed E-state index contributed by atoms with van der Waals surface area (Å²) >= 11 is 4.74. The molecule has 1 heterocycles. The molecule has 1 amide bonds. The lowest BCUT2D eigenvalue weighted by Crippen LogP contribution is -2.40. The molecule has 0 bridgehead atoms. The molecule has 0 aliphatic rings. The zero-order valence-electron chi connectivity index (χ0n) is 10.7. The van der Waals surface area contributed by atoms with E-state index in [4.69, 9.17) is 0 Å². The second kappa shape index (κ2) is 7.01. The van der Waals surface area contributed by atoms with Crippen LogP contribution in [0.1, 0.15) is 23.5 Å². The number of halogens is 1. The molecular weight excluding hydrogens is 316 g/mol. The molecule has 0 spiro atoms. The maximum atomic E-state index is 11.9. The fraction of sp³-hybridized carbons (Fsp3) is 0.500. The predicted molar refractivity (Wildman–Crippen MR) is 77.1 cm³/mol. The first kappa shape index (κ1) is 15.3. The molecule has 0 fully saturated rings. The zero-order chi connectivity index (χ0) is 13.7. The third-order valence-corrected chi connectivity index (χ3v) is 4.03. The Hall–Kier alpha value is -0.720. The van der Waals surface area contributed by atoms with Crippen LogP contribution in [0.4, 0.5) is 0 Å². The molecule has 0 aromatic carbocycles. The maximum Gasteiger partial charge on any atom is 0.234 e. The Labute approximate surface area is 119 Å². The van der Waals surface area contributed by atoms with Gasteiger partial charge in [-0.3, -0.25) is 14.5 Å². The van der Waals surface area contributed by atoms with E-state index in [0.717, 1.165) is 4.47 Å². The molecule has 0 unspecified atom stereocenters. The van der Waals surface area contributed by atoms with Gasteiger partial charge in [-0.25, -0.2) is 0 Å². The third kappa shape index (κ3) is 4.88. The number of Topliss-reactive ketones (excluding diaryl/α,β-unsaturated/α-hetero) is 1. The summed E-state index contributed by atoms with van der Waals surface area (Å²) in [4.78, 5) is 25.9. The number of hydrogen-bond acceptors (Lipinski definition) is 4. The lowest BCUT2D eigenvalue weighted by Gasteiger charge is -2.16. The minimum absolute atomic E-state index is 0.0247. The van der Waals surface area contributed by atoms with Gasteiger partial charge in [-0.05, 0) is 48.3 Å². The molecule has 6 heteroatoms. The lowest BCUT2D eigenvalue weighted by molar-refractivity contribution is -0.122. The number of thiophene rings is 1. The largest absolute Gasteiger partial charge is 0.353 e. The number of rotatable bonds is 6. The quantitative estimate of drug-likeness (QED) is 0.812. The molecule has 0 aliphatic heterocycles. The van der Waals surface area contributed by atoms with Crippen LogP contribution in [0, 0.1) is 0 Å². The van der Waals surface area contributed by atoms with Crippen LogP contribution in [0.5, 0.6) is 0 Å². The molecule has 0 radical (unpaired) electrons. The van der Waals surface area contributed by atoms with Crippen LogP contribution < -0.4 is 5.32 Å². The summed E-state index contributed by atoms with van der Waals surface area (Å²) < 4.78 is 0.817. The number of nitrogens with zero attached hydrogens (tertiary/aromatic N) is 1. The van der Waals surface area contributed by atoms with Gasteiger partial charge in [0.05, 0.1) is 18.0 Å². The van der Waals surface area contributed by atoms with Crippen LogP contribution in [0.2, 0.25) is 0 Å². The average molecular weight is 333 g/mol. The number of ketones is 1. The first-order valence-electron chi connectivity index (χ1n) is 5.64. The van der Waals surface area contributed by atoms with E-state index < -0.39 is 0 Å². The minimum atomic E-state index is -0.0643. The normalized spacial score (nSPS) is 11.0. The van der Waals surface area contributed by atoms with E-state index >= 15 is 0 Å². The molecule has 18 heavy (non-hydrogen) atoms. The van der Waals surface area contributed by atoms with Crippen molar-refractivity contribution in [1.29, 1.82) is 0 Å². The van der Waals surface area contributed by atoms with E-state index in [-0.39, 0.29) is 30.8 Å². The van der Waals surface area contributed by atoms with Crippen molar-refractivity contribution in [2.75, 3.05) is 20.1 Å². The van der Waals surface area contributed by atoms with Crippen molar-refractivity contribution in [3.05, 3.63) is 20.8 Å². The van der Waals surface area contributed by atoms with Gasteiger partial charge in [0.15, 0.2) is 5.78 Å². The van der Waals surface area contributed by atoms with Gasteiger partial charge in [-0.2, -0.15) is 0 Å². The highest BCUT2D eigenvalue weighted by Gasteiger charge is 2.15. The van der Waals surface area contributed by atoms with Crippen molar-refractivity contribution in [1.82, 2.24) is 10.2 Å². The molecular formula is C12H17BrN2O2S. The Balaban J connectivity index is 2.45. The second-order valence-electron chi connectivity index (χ2n) is 4.42. The highest BCUT2D eigenvalue weighted by atomic mass is 79.9. The first-order chi connectivity index (χ1) is 8.40. The Kier molecular flexibility index (Phi) is 5.98. The van der Waals surface area contributed by atoms with Crippen molar-refractivity contribution in [3.8, 4) is 0 Å². The monoisotopic (exact) mass is 332 g/mol. The number of amides is 1. The SMILES string of the molecule is CC(C)NC(=O)CN(C)CC(=O)c1sccc1Br. The average Bonchev–Trinajstić information content (AvgIpc) is 2.62. The molecule has 1 N–H and O–H groups in total. The molecule has 4 nitrogen and oxygen atoms in total. The Morgan fingerprint density at radius 2 is 2.11 bits per heavy atom. The van der Waals surface area contributed by atoms with Crippen molar-refractivity contribution in [3.63, 3.8) is 0 Å². The Morgan fingerprint density at radius 3 is 2.61 bits per heavy atom. The van der Waals surface area contributed by atoms with Crippen molar-refractivity contribution in [2.45, 2.75) is 19.9 Å². The van der Waals surface area contributed by atoms with Gasteiger partial charge in [-0.15, -0.1) is 11.3 Å². The summed E-state index contributed by atoms with van der Waals surface area (Å²) in [6, 6.07) is 1.97. The van der Waals surface area contributed by atoms with Crippen LogP contribution in [0.25, 0.3) is 0 Å². The van der Waals surface area contributed by atoms with E-state index in [0.29, 0.717) is 4.88 Å². The lowest BCUT2D eigenvalue weighted by atomic mass is 10.3. The van der Waals surface area contributed by atoms with Crippen molar-refractivity contribution < 1.29 is 9.59 Å². The van der Waals surface area contributed by atoms with Crippen LogP contribution in [0.3, 0.4) is 0 Å². The van der Waals surface area contributed by atoms with Gasteiger partial charge in [0.25, 0.3) is 0 Å². The first-order valence-corrected chi connectivity index (χ1v) is 7.31. The molecule has 0 aliphatic carbocycles. The molecule has 1 rings (SSSR count). The number of nitrogens with one attached hydrogen (secondary N) is 1. The summed E-state index contributed by atoms with van der Waals surface area (Å²) in [5, 5.41) is 4.66. The highest BCUT2D eigenvalue weighted by Crippen LogP contribution is 2.23. The fourth-order valence-corrected chi connectivity index (χ4v) is 3.00. The maximum absolute atomic E-state index is 11.9. The van der Waals surface area contributed by atoms with Gasteiger partial charge in [0.2, 0.25) is 5.91 Å². The van der Waals surface area contributed by atoms with Crippen LogP contribution in [-0.2, 0) is 4.79 Å².